The van der Waals surface area contributed by atoms with Gasteiger partial charge in [-0.05, 0) is 30.3 Å². The molecule has 5 heteroatoms. The number of benzene rings is 2. The summed E-state index contributed by atoms with van der Waals surface area (Å²) in [4.78, 5) is 12.3. The Morgan fingerprint density at radius 2 is 1.70 bits per heavy atom. The van der Waals surface area contributed by atoms with Gasteiger partial charge in [-0.3, -0.25) is 4.79 Å². The summed E-state index contributed by atoms with van der Waals surface area (Å²) >= 11 is 0. The van der Waals surface area contributed by atoms with E-state index < -0.39 is 5.82 Å². The predicted molar refractivity (Wildman–Crippen MR) is 87.2 cm³/mol. The number of rotatable bonds is 4. The van der Waals surface area contributed by atoms with Crippen molar-refractivity contribution in [1.82, 2.24) is 9.99 Å². The molecule has 1 amide bonds. The Kier molecular flexibility index (Phi) is 4.29. The molecular formula is C18H14FN3O. The normalized spacial score (nSPS) is 10.8. The van der Waals surface area contributed by atoms with Gasteiger partial charge in [0.05, 0.1) is 17.5 Å². The fourth-order valence-electron chi connectivity index (χ4n) is 2.19. The van der Waals surface area contributed by atoms with Crippen molar-refractivity contribution >= 4 is 12.1 Å². The highest BCUT2D eigenvalue weighted by Crippen LogP contribution is 2.14. The number of carbonyl (C=O) groups is 1. The molecule has 0 fully saturated rings. The van der Waals surface area contributed by atoms with Gasteiger partial charge in [-0.2, -0.15) is 5.10 Å². The van der Waals surface area contributed by atoms with E-state index in [1.807, 2.05) is 41.2 Å². The molecule has 23 heavy (non-hydrogen) atoms. The van der Waals surface area contributed by atoms with E-state index in [9.17, 15) is 9.18 Å². The quantitative estimate of drug-likeness (QED) is 0.583. The number of hydrogen-bond acceptors (Lipinski definition) is 2. The molecule has 0 aliphatic heterocycles. The van der Waals surface area contributed by atoms with Gasteiger partial charge in [0.2, 0.25) is 0 Å². The van der Waals surface area contributed by atoms with Crippen molar-refractivity contribution in [3.8, 4) is 5.69 Å². The van der Waals surface area contributed by atoms with Gasteiger partial charge in [-0.1, -0.05) is 30.3 Å². The highest BCUT2D eigenvalue weighted by molar-refractivity contribution is 5.98. The van der Waals surface area contributed by atoms with E-state index in [1.54, 1.807) is 30.3 Å². The summed E-state index contributed by atoms with van der Waals surface area (Å²) in [6, 6.07) is 17.2. The van der Waals surface area contributed by atoms with E-state index in [0.717, 1.165) is 5.69 Å². The number of carbonyl (C=O) groups excluding carboxylic acids is 1. The molecule has 0 spiro atoms. The average Bonchev–Trinajstić information content (AvgIpc) is 3.11. The Labute approximate surface area is 132 Å². The van der Waals surface area contributed by atoms with E-state index in [2.05, 4.69) is 10.5 Å². The summed E-state index contributed by atoms with van der Waals surface area (Å²) < 4.78 is 15.3. The number of halogens is 1. The standard InChI is InChI=1S/C18H14FN3O/c19-16-9-3-1-7-14(16)13-20-21-18(23)15-8-2-4-10-17(15)22-11-5-6-12-22/h1-13H,(H,21,23)/b20-13+. The third-order valence-corrected chi connectivity index (χ3v) is 3.31. The Bertz CT molecular complexity index is 841. The van der Waals surface area contributed by atoms with Gasteiger partial charge in [-0.15, -0.1) is 0 Å². The highest BCUT2D eigenvalue weighted by Gasteiger charge is 2.10. The van der Waals surface area contributed by atoms with E-state index in [0.29, 0.717) is 11.1 Å². The Hall–Kier alpha value is -3.21. The molecular weight excluding hydrogens is 293 g/mol. The molecule has 0 saturated carbocycles. The van der Waals surface area contributed by atoms with Crippen LogP contribution < -0.4 is 5.43 Å². The van der Waals surface area contributed by atoms with Gasteiger partial charge < -0.3 is 4.57 Å². The summed E-state index contributed by atoms with van der Waals surface area (Å²) in [6.07, 6.45) is 4.99. The number of aromatic nitrogens is 1. The Balaban J connectivity index is 1.78. The van der Waals surface area contributed by atoms with Gasteiger partial charge in [0.1, 0.15) is 5.82 Å². The van der Waals surface area contributed by atoms with Crippen LogP contribution in [0.3, 0.4) is 0 Å². The number of nitrogens with one attached hydrogen (secondary N) is 1. The molecule has 3 aromatic rings. The summed E-state index contributed by atoms with van der Waals surface area (Å²) in [6.45, 7) is 0. The SMILES string of the molecule is O=C(N/N=C/c1ccccc1F)c1ccccc1-n1cccc1. The van der Waals surface area contributed by atoms with E-state index in [-0.39, 0.29) is 5.91 Å². The molecule has 0 bridgehead atoms. The van der Waals surface area contributed by atoms with E-state index in [1.165, 1.54) is 12.3 Å². The van der Waals surface area contributed by atoms with Crippen LogP contribution in [0.1, 0.15) is 15.9 Å². The van der Waals surface area contributed by atoms with Crippen LogP contribution in [0.25, 0.3) is 5.69 Å². The highest BCUT2D eigenvalue weighted by atomic mass is 19.1. The van der Waals surface area contributed by atoms with Crippen LogP contribution in [0, 0.1) is 5.82 Å². The zero-order valence-corrected chi connectivity index (χ0v) is 12.2. The molecule has 1 heterocycles. The number of nitrogens with zero attached hydrogens (tertiary/aromatic N) is 2. The molecule has 4 nitrogen and oxygen atoms in total. The van der Waals surface area contributed by atoms with Gasteiger partial charge in [-0.25, -0.2) is 9.82 Å². The minimum atomic E-state index is -0.391. The minimum Gasteiger partial charge on any atom is -0.323 e. The van der Waals surface area contributed by atoms with Crippen molar-refractivity contribution in [1.29, 1.82) is 0 Å². The first-order valence-corrected chi connectivity index (χ1v) is 7.06. The maximum Gasteiger partial charge on any atom is 0.273 e. The largest absolute Gasteiger partial charge is 0.323 e. The van der Waals surface area contributed by atoms with Crippen LogP contribution in [-0.4, -0.2) is 16.7 Å². The molecule has 1 aromatic heterocycles. The second-order valence-corrected chi connectivity index (χ2v) is 4.83. The summed E-state index contributed by atoms with van der Waals surface area (Å²) in [5, 5.41) is 3.83. The van der Waals surface area contributed by atoms with Crippen LogP contribution in [0.15, 0.2) is 78.2 Å². The lowest BCUT2D eigenvalue weighted by atomic mass is 10.1. The lowest BCUT2D eigenvalue weighted by molar-refractivity contribution is 0.0955. The second kappa shape index (κ2) is 6.70. The molecule has 114 valence electrons. The molecule has 0 unspecified atom stereocenters. The molecule has 2 aromatic carbocycles. The first-order valence-electron chi connectivity index (χ1n) is 7.06. The minimum absolute atomic E-state index is 0.312. The third-order valence-electron chi connectivity index (χ3n) is 3.31. The fraction of sp³-hybridized carbons (Fsp3) is 0. The number of hydrazone groups is 1. The molecule has 0 aliphatic carbocycles. The van der Waals surface area contributed by atoms with Crippen molar-refractivity contribution in [3.05, 3.63) is 90.0 Å². The van der Waals surface area contributed by atoms with Crippen LogP contribution >= 0.6 is 0 Å². The van der Waals surface area contributed by atoms with E-state index in [4.69, 9.17) is 0 Å². The lowest BCUT2D eigenvalue weighted by Gasteiger charge is -2.09. The smallest absolute Gasteiger partial charge is 0.273 e. The molecule has 0 radical (unpaired) electrons. The van der Waals surface area contributed by atoms with Gasteiger partial charge in [0.15, 0.2) is 0 Å². The fourth-order valence-corrected chi connectivity index (χ4v) is 2.19. The molecule has 0 aliphatic rings. The Morgan fingerprint density at radius 1 is 1.00 bits per heavy atom. The van der Waals surface area contributed by atoms with Crippen LogP contribution in [0.4, 0.5) is 4.39 Å². The zero-order chi connectivity index (χ0) is 16.1. The predicted octanol–water partition coefficient (Wildman–Crippen LogP) is 3.38. The van der Waals surface area contributed by atoms with Crippen LogP contribution in [-0.2, 0) is 0 Å². The molecule has 1 N–H and O–H groups in total. The summed E-state index contributed by atoms with van der Waals surface area (Å²) in [5.41, 5.74) is 3.97. The van der Waals surface area contributed by atoms with Crippen LogP contribution in [0.5, 0.6) is 0 Å². The third kappa shape index (κ3) is 3.35. The second-order valence-electron chi connectivity index (χ2n) is 4.83. The maximum absolute atomic E-state index is 13.5. The van der Waals surface area contributed by atoms with Gasteiger partial charge in [0.25, 0.3) is 5.91 Å². The van der Waals surface area contributed by atoms with Crippen molar-refractivity contribution in [2.24, 2.45) is 5.10 Å². The number of amides is 1. The molecule has 0 atom stereocenters. The van der Waals surface area contributed by atoms with Gasteiger partial charge >= 0.3 is 0 Å². The summed E-state index contributed by atoms with van der Waals surface area (Å²) in [5.74, 6) is -0.750. The molecule has 3 rings (SSSR count). The number of hydrogen-bond donors (Lipinski definition) is 1. The number of para-hydroxylation sites is 1. The monoisotopic (exact) mass is 307 g/mol. The topological polar surface area (TPSA) is 46.4 Å². The van der Waals surface area contributed by atoms with Crippen molar-refractivity contribution in [3.63, 3.8) is 0 Å². The van der Waals surface area contributed by atoms with Crippen LogP contribution in [0.2, 0.25) is 0 Å². The first-order chi connectivity index (χ1) is 11.3. The van der Waals surface area contributed by atoms with E-state index >= 15 is 0 Å². The van der Waals surface area contributed by atoms with Crippen molar-refractivity contribution in [2.45, 2.75) is 0 Å². The summed E-state index contributed by atoms with van der Waals surface area (Å²) in [7, 11) is 0. The van der Waals surface area contributed by atoms with Crippen molar-refractivity contribution < 1.29 is 9.18 Å². The Morgan fingerprint density at radius 3 is 2.48 bits per heavy atom. The maximum atomic E-state index is 13.5. The molecule has 0 saturated heterocycles. The first kappa shape index (κ1) is 14.7. The van der Waals surface area contributed by atoms with Crippen molar-refractivity contribution in [2.75, 3.05) is 0 Å². The lowest BCUT2D eigenvalue weighted by Crippen LogP contribution is -2.19. The zero-order valence-electron chi connectivity index (χ0n) is 12.2. The average molecular weight is 307 g/mol. The van der Waals surface area contributed by atoms with Gasteiger partial charge in [0, 0.05) is 18.0 Å².